The van der Waals surface area contributed by atoms with Gasteiger partial charge in [-0.2, -0.15) is 0 Å². The minimum absolute atomic E-state index is 0.00172. The van der Waals surface area contributed by atoms with Gasteiger partial charge in [0.1, 0.15) is 6.04 Å². The van der Waals surface area contributed by atoms with E-state index in [0.717, 1.165) is 28.4 Å². The molecule has 1 aliphatic rings. The molecule has 8 heteroatoms. The molecule has 1 heterocycles. The molecule has 4 rings (SSSR count). The second-order valence-electron chi connectivity index (χ2n) is 9.74. The molecule has 0 bridgehead atoms. The van der Waals surface area contributed by atoms with Crippen molar-refractivity contribution >= 4 is 57.4 Å². The first-order chi connectivity index (χ1) is 18.2. The average molecular weight is 555 g/mol. The topological polar surface area (TPSA) is 69.7 Å². The van der Waals surface area contributed by atoms with Crippen LogP contribution in [0, 0.1) is 0 Å². The molecule has 3 aromatic carbocycles. The maximum atomic E-state index is 13.6. The van der Waals surface area contributed by atoms with E-state index >= 15 is 0 Å². The van der Waals surface area contributed by atoms with Crippen molar-refractivity contribution in [1.82, 2.24) is 10.2 Å². The molecule has 2 atom stereocenters. The van der Waals surface area contributed by atoms with Gasteiger partial charge in [0.25, 0.3) is 5.91 Å². The maximum absolute atomic E-state index is 13.6. The van der Waals surface area contributed by atoms with Crippen LogP contribution in [-0.2, 0) is 16.1 Å². The molecule has 6 nitrogen and oxygen atoms in total. The van der Waals surface area contributed by atoms with Crippen molar-refractivity contribution in [3.8, 4) is 0 Å². The van der Waals surface area contributed by atoms with Crippen molar-refractivity contribution in [3.63, 3.8) is 0 Å². The van der Waals surface area contributed by atoms with E-state index in [-0.39, 0.29) is 36.7 Å². The van der Waals surface area contributed by atoms with Gasteiger partial charge in [-0.1, -0.05) is 67.4 Å². The van der Waals surface area contributed by atoms with Gasteiger partial charge in [0.15, 0.2) is 0 Å². The standard InChI is InChI=1S/C30H33Cl2N3O3/c1-4-19(3)33-29(37)25(5-2)35(18-21-14-15-22(31)17-24(21)32)27(36)13-8-16-34-26-12-7-10-20-9-6-11-23(28(20)26)30(34)38/h6-7,9-12,14-15,17,19,25H,4-5,8,13,16,18H2,1-3H3,(H,33,37)/t19-,25+/m1/s1. The van der Waals surface area contributed by atoms with Crippen LogP contribution in [0.1, 0.15) is 62.4 Å². The molecule has 3 aromatic rings. The highest BCUT2D eigenvalue weighted by Gasteiger charge is 2.31. The lowest BCUT2D eigenvalue weighted by Crippen LogP contribution is -2.50. The first kappa shape index (κ1) is 27.9. The molecule has 0 unspecified atom stereocenters. The van der Waals surface area contributed by atoms with Crippen molar-refractivity contribution < 1.29 is 14.4 Å². The second kappa shape index (κ2) is 12.2. The molecule has 0 aromatic heterocycles. The Morgan fingerprint density at radius 1 is 1.03 bits per heavy atom. The monoisotopic (exact) mass is 553 g/mol. The molecule has 0 aliphatic carbocycles. The van der Waals surface area contributed by atoms with Crippen LogP contribution in [0.5, 0.6) is 0 Å². The average Bonchev–Trinajstić information content (AvgIpc) is 3.17. The van der Waals surface area contributed by atoms with E-state index in [2.05, 4.69) is 5.32 Å². The summed E-state index contributed by atoms with van der Waals surface area (Å²) in [5, 5.41) is 5.94. The zero-order valence-corrected chi connectivity index (χ0v) is 23.5. The molecule has 0 fully saturated rings. The third-order valence-corrected chi connectivity index (χ3v) is 7.75. The lowest BCUT2D eigenvalue weighted by atomic mass is 10.1. The van der Waals surface area contributed by atoms with E-state index in [1.54, 1.807) is 28.0 Å². The van der Waals surface area contributed by atoms with Gasteiger partial charge in [-0.15, -0.1) is 0 Å². The van der Waals surface area contributed by atoms with Gasteiger partial charge in [-0.3, -0.25) is 14.4 Å². The highest BCUT2D eigenvalue weighted by molar-refractivity contribution is 6.35. The number of nitrogens with zero attached hydrogens (tertiary/aromatic N) is 2. The smallest absolute Gasteiger partial charge is 0.258 e. The van der Waals surface area contributed by atoms with Crippen LogP contribution in [0.3, 0.4) is 0 Å². The van der Waals surface area contributed by atoms with Gasteiger partial charge in [0.2, 0.25) is 11.8 Å². The van der Waals surface area contributed by atoms with Crippen LogP contribution in [0.15, 0.2) is 54.6 Å². The highest BCUT2D eigenvalue weighted by atomic mass is 35.5. The quantitative estimate of drug-likeness (QED) is 0.290. The Balaban J connectivity index is 1.51. The fourth-order valence-electron chi connectivity index (χ4n) is 4.93. The molecule has 0 saturated carbocycles. The number of hydrogen-bond acceptors (Lipinski definition) is 3. The third kappa shape index (κ3) is 5.82. The van der Waals surface area contributed by atoms with Crippen molar-refractivity contribution in [2.24, 2.45) is 0 Å². The zero-order chi connectivity index (χ0) is 27.4. The Hall–Kier alpha value is -3.09. The zero-order valence-electron chi connectivity index (χ0n) is 22.0. The molecule has 0 saturated heterocycles. The Bertz CT molecular complexity index is 1350. The summed E-state index contributed by atoms with van der Waals surface area (Å²) < 4.78 is 0. The third-order valence-electron chi connectivity index (χ3n) is 7.16. The van der Waals surface area contributed by atoms with E-state index in [9.17, 15) is 14.4 Å². The fraction of sp³-hybridized carbons (Fsp3) is 0.367. The molecule has 0 radical (unpaired) electrons. The van der Waals surface area contributed by atoms with Crippen LogP contribution in [0.2, 0.25) is 10.0 Å². The Kier molecular flexibility index (Phi) is 8.95. The summed E-state index contributed by atoms with van der Waals surface area (Å²) in [6.45, 7) is 6.43. The number of benzene rings is 3. The Labute approximate surface area is 233 Å². The first-order valence-electron chi connectivity index (χ1n) is 13.1. The molecular formula is C30H33Cl2N3O3. The molecule has 1 aliphatic heterocycles. The van der Waals surface area contributed by atoms with Gasteiger partial charge >= 0.3 is 0 Å². The Morgan fingerprint density at radius 2 is 1.76 bits per heavy atom. The molecule has 200 valence electrons. The van der Waals surface area contributed by atoms with Crippen molar-refractivity contribution in [3.05, 3.63) is 75.8 Å². The van der Waals surface area contributed by atoms with E-state index < -0.39 is 6.04 Å². The summed E-state index contributed by atoms with van der Waals surface area (Å²) in [6.07, 6.45) is 1.90. The van der Waals surface area contributed by atoms with Crippen molar-refractivity contribution in [1.29, 1.82) is 0 Å². The summed E-state index contributed by atoms with van der Waals surface area (Å²) >= 11 is 12.5. The van der Waals surface area contributed by atoms with E-state index in [1.807, 2.05) is 57.2 Å². The minimum atomic E-state index is -0.644. The summed E-state index contributed by atoms with van der Waals surface area (Å²) in [5.74, 6) is -0.393. The summed E-state index contributed by atoms with van der Waals surface area (Å²) in [6, 6.07) is 16.1. The Morgan fingerprint density at radius 3 is 2.45 bits per heavy atom. The summed E-state index contributed by atoms with van der Waals surface area (Å²) in [7, 11) is 0. The normalized spacial score (nSPS) is 14.0. The second-order valence-corrected chi connectivity index (χ2v) is 10.6. The van der Waals surface area contributed by atoms with Gasteiger partial charge in [0.05, 0.1) is 5.69 Å². The molecule has 0 spiro atoms. The molecule has 1 N–H and O–H groups in total. The largest absolute Gasteiger partial charge is 0.352 e. The van der Waals surface area contributed by atoms with Crippen molar-refractivity contribution in [2.45, 2.75) is 65.1 Å². The van der Waals surface area contributed by atoms with Crippen LogP contribution >= 0.6 is 23.2 Å². The lowest BCUT2D eigenvalue weighted by Gasteiger charge is -2.32. The summed E-state index contributed by atoms with van der Waals surface area (Å²) in [5.41, 5.74) is 2.28. The summed E-state index contributed by atoms with van der Waals surface area (Å²) in [4.78, 5) is 43.3. The van der Waals surface area contributed by atoms with E-state index in [4.69, 9.17) is 23.2 Å². The SMILES string of the molecule is CC[C@@H](C)NC(=O)[C@H](CC)N(Cc1ccc(Cl)cc1Cl)C(=O)CCCN1C(=O)c2cccc3cccc1c23. The number of nitrogens with one attached hydrogen (secondary N) is 1. The van der Waals surface area contributed by atoms with Gasteiger partial charge < -0.3 is 15.1 Å². The van der Waals surface area contributed by atoms with E-state index in [1.165, 1.54) is 0 Å². The van der Waals surface area contributed by atoms with Crippen LogP contribution < -0.4 is 10.2 Å². The van der Waals surface area contributed by atoms with Crippen LogP contribution in [0.4, 0.5) is 5.69 Å². The van der Waals surface area contributed by atoms with Gasteiger partial charge in [0, 0.05) is 46.5 Å². The number of carbonyl (C=O) groups is 3. The molecular weight excluding hydrogens is 521 g/mol. The number of rotatable bonds is 11. The highest BCUT2D eigenvalue weighted by Crippen LogP contribution is 2.37. The lowest BCUT2D eigenvalue weighted by molar-refractivity contribution is -0.141. The predicted octanol–water partition coefficient (Wildman–Crippen LogP) is 6.61. The first-order valence-corrected chi connectivity index (χ1v) is 13.9. The van der Waals surface area contributed by atoms with Gasteiger partial charge in [-0.05, 0) is 61.4 Å². The number of carbonyl (C=O) groups excluding carboxylic acids is 3. The number of halogens is 2. The molecule has 38 heavy (non-hydrogen) atoms. The maximum Gasteiger partial charge on any atom is 0.258 e. The number of anilines is 1. The van der Waals surface area contributed by atoms with Gasteiger partial charge in [-0.25, -0.2) is 0 Å². The van der Waals surface area contributed by atoms with Crippen LogP contribution in [-0.4, -0.2) is 41.2 Å². The molecule has 3 amide bonds. The van der Waals surface area contributed by atoms with E-state index in [0.29, 0.717) is 35.0 Å². The fourth-order valence-corrected chi connectivity index (χ4v) is 5.40. The predicted molar refractivity (Wildman–Crippen MR) is 154 cm³/mol. The number of amides is 3. The van der Waals surface area contributed by atoms with Crippen LogP contribution in [0.25, 0.3) is 10.8 Å². The van der Waals surface area contributed by atoms with Crippen molar-refractivity contribution in [2.75, 3.05) is 11.4 Å². The number of hydrogen-bond donors (Lipinski definition) is 1. The minimum Gasteiger partial charge on any atom is -0.352 e.